The normalized spacial score (nSPS) is 16.6. The van der Waals surface area contributed by atoms with E-state index in [0.717, 1.165) is 25.9 Å². The average molecular weight is 156 g/mol. The quantitative estimate of drug-likeness (QED) is 0.294. The molecule has 1 saturated heterocycles. The van der Waals surface area contributed by atoms with E-state index in [0.29, 0.717) is 5.11 Å². The van der Waals surface area contributed by atoms with Gasteiger partial charge in [0, 0.05) is 13.1 Å². The number of carbonyl (C=O) groups excluding carboxylic acids is 1. The molecule has 0 unspecified atom stereocenters. The van der Waals surface area contributed by atoms with Crippen LogP contribution in [0.2, 0.25) is 0 Å². The van der Waals surface area contributed by atoms with Gasteiger partial charge in [0.1, 0.15) is 0 Å². The van der Waals surface area contributed by atoms with Gasteiger partial charge in [0.2, 0.25) is 11.2 Å². The van der Waals surface area contributed by atoms with Crippen LogP contribution in [-0.2, 0) is 4.79 Å². The first-order valence-electron chi connectivity index (χ1n) is 3.21. The number of aliphatic imine (C=N–C) groups is 1. The third kappa shape index (κ3) is 1.62. The summed E-state index contributed by atoms with van der Waals surface area (Å²) in [4.78, 5) is 15.0. The number of isocyanates is 1. The van der Waals surface area contributed by atoms with Crippen LogP contribution in [0, 0.1) is 0 Å². The Morgan fingerprint density at radius 3 is 2.60 bits per heavy atom. The zero-order valence-corrected chi connectivity index (χ0v) is 6.36. The van der Waals surface area contributed by atoms with Gasteiger partial charge in [-0.1, -0.05) is 0 Å². The molecule has 3 nitrogen and oxygen atoms in total. The van der Waals surface area contributed by atoms with Crippen molar-refractivity contribution in [2.24, 2.45) is 4.99 Å². The highest BCUT2D eigenvalue weighted by Gasteiger charge is 2.13. The summed E-state index contributed by atoms with van der Waals surface area (Å²) in [5, 5.41) is 0.382. The monoisotopic (exact) mass is 156 g/mol. The van der Waals surface area contributed by atoms with Crippen LogP contribution in [0.25, 0.3) is 0 Å². The number of hydrogen-bond donors (Lipinski definition) is 0. The van der Waals surface area contributed by atoms with Gasteiger partial charge in [-0.05, 0) is 25.1 Å². The number of rotatable bonds is 0. The zero-order valence-electron chi connectivity index (χ0n) is 5.54. The number of likely N-dealkylation sites (tertiary alicyclic amines) is 1. The van der Waals surface area contributed by atoms with Crippen molar-refractivity contribution in [2.75, 3.05) is 13.1 Å². The van der Waals surface area contributed by atoms with E-state index < -0.39 is 0 Å². The lowest BCUT2D eigenvalue weighted by Gasteiger charge is -2.11. The predicted molar refractivity (Wildman–Crippen MR) is 41.5 cm³/mol. The van der Waals surface area contributed by atoms with Crippen molar-refractivity contribution in [1.82, 2.24) is 4.90 Å². The standard InChI is InChI=1S/C6H8N2OS/c9-5-7-6(10)8-3-1-2-4-8/h1-4H2. The van der Waals surface area contributed by atoms with Crippen LogP contribution in [0.1, 0.15) is 12.8 Å². The molecule has 0 aromatic heterocycles. The minimum atomic E-state index is 0.382. The molecule has 1 fully saturated rings. The molecule has 0 radical (unpaired) electrons. The van der Waals surface area contributed by atoms with Crippen molar-refractivity contribution in [1.29, 1.82) is 0 Å². The first kappa shape index (κ1) is 7.38. The van der Waals surface area contributed by atoms with E-state index >= 15 is 0 Å². The summed E-state index contributed by atoms with van der Waals surface area (Å²) in [6.07, 6.45) is 3.73. The van der Waals surface area contributed by atoms with Gasteiger partial charge < -0.3 is 4.90 Å². The molecule has 0 atom stereocenters. The van der Waals surface area contributed by atoms with Crippen LogP contribution in [-0.4, -0.2) is 29.2 Å². The molecule has 0 bridgehead atoms. The highest BCUT2D eigenvalue weighted by molar-refractivity contribution is 7.80. The molecular formula is C6H8N2OS. The molecule has 0 aromatic carbocycles. The molecule has 0 spiro atoms. The lowest BCUT2D eigenvalue weighted by molar-refractivity contribution is 0.521. The number of thiocarbonyl (C=S) groups is 1. The number of nitrogens with zero attached hydrogens (tertiary/aromatic N) is 2. The highest BCUT2D eigenvalue weighted by atomic mass is 32.1. The molecule has 10 heavy (non-hydrogen) atoms. The van der Waals surface area contributed by atoms with Crippen LogP contribution in [0.4, 0.5) is 0 Å². The van der Waals surface area contributed by atoms with E-state index in [1.807, 2.05) is 4.90 Å². The van der Waals surface area contributed by atoms with E-state index in [2.05, 4.69) is 4.99 Å². The summed E-state index contributed by atoms with van der Waals surface area (Å²) in [6.45, 7) is 1.87. The van der Waals surface area contributed by atoms with Gasteiger partial charge >= 0.3 is 0 Å². The molecule has 0 N–H and O–H groups in total. The van der Waals surface area contributed by atoms with Crippen molar-refractivity contribution in [2.45, 2.75) is 12.8 Å². The van der Waals surface area contributed by atoms with E-state index in [-0.39, 0.29) is 0 Å². The fourth-order valence-electron chi connectivity index (χ4n) is 1.02. The SMILES string of the molecule is O=C=NC(=S)N1CCCC1. The van der Waals surface area contributed by atoms with Gasteiger partial charge in [0.25, 0.3) is 0 Å². The van der Waals surface area contributed by atoms with Crippen molar-refractivity contribution in [3.63, 3.8) is 0 Å². The van der Waals surface area contributed by atoms with Gasteiger partial charge in [-0.25, -0.2) is 4.79 Å². The van der Waals surface area contributed by atoms with Crippen molar-refractivity contribution < 1.29 is 4.79 Å². The summed E-state index contributed by atoms with van der Waals surface area (Å²) >= 11 is 4.81. The largest absolute Gasteiger partial charge is 0.347 e. The Kier molecular flexibility index (Phi) is 2.54. The zero-order chi connectivity index (χ0) is 7.40. The molecule has 1 heterocycles. The Morgan fingerprint density at radius 2 is 2.10 bits per heavy atom. The third-order valence-electron chi connectivity index (χ3n) is 1.52. The maximum absolute atomic E-state index is 9.77. The Morgan fingerprint density at radius 1 is 1.50 bits per heavy atom. The highest BCUT2D eigenvalue weighted by Crippen LogP contribution is 2.08. The molecule has 1 aliphatic rings. The molecule has 1 rings (SSSR count). The van der Waals surface area contributed by atoms with Crippen LogP contribution in [0.5, 0.6) is 0 Å². The second kappa shape index (κ2) is 3.44. The average Bonchev–Trinajstić information content (AvgIpc) is 2.38. The summed E-state index contributed by atoms with van der Waals surface area (Å²) in [5.41, 5.74) is 0. The summed E-state index contributed by atoms with van der Waals surface area (Å²) in [7, 11) is 0. The lowest BCUT2D eigenvalue weighted by atomic mass is 10.4. The van der Waals surface area contributed by atoms with Crippen molar-refractivity contribution in [3.8, 4) is 0 Å². The van der Waals surface area contributed by atoms with Gasteiger partial charge in [-0.3, -0.25) is 0 Å². The van der Waals surface area contributed by atoms with Gasteiger partial charge in [0.15, 0.2) is 0 Å². The van der Waals surface area contributed by atoms with Crippen LogP contribution in [0.3, 0.4) is 0 Å². The van der Waals surface area contributed by atoms with Gasteiger partial charge in [0.05, 0.1) is 0 Å². The van der Waals surface area contributed by atoms with Crippen molar-refractivity contribution >= 4 is 23.4 Å². The van der Waals surface area contributed by atoms with Crippen LogP contribution in [0.15, 0.2) is 4.99 Å². The molecule has 0 saturated carbocycles. The van der Waals surface area contributed by atoms with E-state index in [1.54, 1.807) is 0 Å². The second-order valence-electron chi connectivity index (χ2n) is 2.18. The first-order valence-corrected chi connectivity index (χ1v) is 3.62. The van der Waals surface area contributed by atoms with Crippen LogP contribution >= 0.6 is 12.2 Å². The smallest absolute Gasteiger partial charge is 0.242 e. The summed E-state index contributed by atoms with van der Waals surface area (Å²) in [6, 6.07) is 0. The predicted octanol–water partition coefficient (Wildman–Crippen LogP) is 0.703. The van der Waals surface area contributed by atoms with Gasteiger partial charge in [-0.15, -0.1) is 4.99 Å². The molecule has 54 valence electrons. The van der Waals surface area contributed by atoms with E-state index in [4.69, 9.17) is 12.2 Å². The Balaban J connectivity index is 2.47. The van der Waals surface area contributed by atoms with Crippen molar-refractivity contribution in [3.05, 3.63) is 0 Å². The minimum Gasteiger partial charge on any atom is -0.347 e. The third-order valence-corrected chi connectivity index (χ3v) is 1.87. The fourth-order valence-corrected chi connectivity index (χ4v) is 1.24. The van der Waals surface area contributed by atoms with Gasteiger partial charge in [-0.2, -0.15) is 0 Å². The maximum atomic E-state index is 9.77. The molecule has 0 aromatic rings. The lowest BCUT2D eigenvalue weighted by Crippen LogP contribution is -2.23. The molecule has 4 heteroatoms. The first-order chi connectivity index (χ1) is 4.84. The topological polar surface area (TPSA) is 32.7 Å². The van der Waals surface area contributed by atoms with Crippen LogP contribution < -0.4 is 0 Å². The molecule has 0 aliphatic carbocycles. The second-order valence-corrected chi connectivity index (χ2v) is 2.54. The minimum absolute atomic E-state index is 0.382. The Labute approximate surface area is 64.7 Å². The summed E-state index contributed by atoms with van der Waals surface area (Å²) < 4.78 is 0. The van der Waals surface area contributed by atoms with E-state index in [9.17, 15) is 4.79 Å². The molecule has 0 amide bonds. The Hall–Kier alpha value is -0.730. The van der Waals surface area contributed by atoms with E-state index in [1.165, 1.54) is 6.08 Å². The summed E-state index contributed by atoms with van der Waals surface area (Å²) in [5.74, 6) is 0. The molecule has 1 aliphatic heterocycles. The fraction of sp³-hybridized carbons (Fsp3) is 0.667. The maximum Gasteiger partial charge on any atom is 0.242 e. The number of hydrogen-bond acceptors (Lipinski definition) is 2. The molecular weight excluding hydrogens is 148 g/mol. The Bertz CT molecular complexity index is 180.